The summed E-state index contributed by atoms with van der Waals surface area (Å²) in [5.74, 6) is -2.00. The standard InChI is InChI=1S/C27H37F5N4O7S3/c1-3-5-15-35-23(37)19(24(38)36(26(35)44)16-6-4-2)11-7-10-14-22-34(20-12-8-9-13-21(20)42-22)17-18-45(39,40)33-46(41,27(30,31)32)43-25(28)29/h7,10-11,14,20-21,25H,3-6,8-9,12-13,15-18H2,1-2H3/b10-7+,22-14-. The molecule has 3 unspecified atom stereocenters. The van der Waals surface area contributed by atoms with Gasteiger partial charge in [0.25, 0.3) is 31.8 Å². The smallest absolute Gasteiger partial charge is 0.474 e. The number of rotatable bonds is 14. The van der Waals surface area contributed by atoms with Crippen LogP contribution in [-0.2, 0) is 38.5 Å². The topological polar surface area (TPSA) is 126 Å². The Bertz CT molecular complexity index is 1440. The zero-order chi connectivity index (χ0) is 34.3. The van der Waals surface area contributed by atoms with Gasteiger partial charge in [-0.2, -0.15) is 22.0 Å². The van der Waals surface area contributed by atoms with Gasteiger partial charge in [-0.3, -0.25) is 19.4 Å². The number of halogens is 5. The van der Waals surface area contributed by atoms with Crippen molar-refractivity contribution < 1.29 is 53.1 Å². The zero-order valence-electron chi connectivity index (χ0n) is 25.3. The summed E-state index contributed by atoms with van der Waals surface area (Å²) in [6.07, 6.45) is 11.1. The van der Waals surface area contributed by atoms with E-state index < -0.39 is 56.3 Å². The second-order valence-electron chi connectivity index (χ2n) is 10.7. The van der Waals surface area contributed by atoms with Crippen molar-refractivity contribution in [2.75, 3.05) is 25.4 Å². The Kier molecular flexibility index (Phi) is 13.1. The van der Waals surface area contributed by atoms with Gasteiger partial charge in [-0.05, 0) is 56.5 Å². The van der Waals surface area contributed by atoms with E-state index in [2.05, 4.69) is 7.95 Å². The molecule has 19 heteroatoms. The lowest BCUT2D eigenvalue weighted by atomic mass is 9.92. The molecular weight excluding hydrogens is 684 g/mol. The number of sulfonamides is 1. The largest absolute Gasteiger partial charge is 0.505 e. The van der Waals surface area contributed by atoms with E-state index in [-0.39, 0.29) is 28.7 Å². The van der Waals surface area contributed by atoms with E-state index in [1.54, 1.807) is 0 Å². The number of amides is 2. The van der Waals surface area contributed by atoms with Crippen molar-refractivity contribution in [3.05, 3.63) is 35.8 Å². The molecule has 1 aliphatic carbocycles. The molecule has 3 fully saturated rings. The van der Waals surface area contributed by atoms with Gasteiger partial charge in [0.1, 0.15) is 11.7 Å². The monoisotopic (exact) mass is 720 g/mol. The highest BCUT2D eigenvalue weighted by Gasteiger charge is 2.49. The van der Waals surface area contributed by atoms with E-state index in [0.717, 1.165) is 25.7 Å². The zero-order valence-corrected chi connectivity index (χ0v) is 27.7. The SMILES string of the molecule is CCCCN1C(=O)C(=C/C=C/C=C2\OC3CCCCC3N2CCS(=O)(=O)N=S(=O)(OC(F)F)C(F)(F)F)C(=O)N(CCCC)C1=S. The number of hydrogen-bond donors (Lipinski definition) is 0. The molecule has 3 atom stereocenters. The van der Waals surface area contributed by atoms with Crippen LogP contribution >= 0.6 is 12.2 Å². The second-order valence-corrected chi connectivity index (χ2v) is 14.9. The summed E-state index contributed by atoms with van der Waals surface area (Å²) in [7, 11) is -11.4. The average Bonchev–Trinajstić information content (AvgIpc) is 3.31. The first-order valence-electron chi connectivity index (χ1n) is 14.8. The van der Waals surface area contributed by atoms with E-state index in [1.165, 1.54) is 39.0 Å². The van der Waals surface area contributed by atoms with Gasteiger partial charge < -0.3 is 9.64 Å². The summed E-state index contributed by atoms with van der Waals surface area (Å²) in [5.41, 5.74) is -6.08. The molecule has 2 aliphatic heterocycles. The van der Waals surface area contributed by atoms with Crippen LogP contribution in [-0.4, -0.2) is 93.9 Å². The molecule has 0 N–H and O–H groups in total. The fourth-order valence-electron chi connectivity index (χ4n) is 5.14. The molecule has 46 heavy (non-hydrogen) atoms. The van der Waals surface area contributed by atoms with Crippen LogP contribution in [0.5, 0.6) is 0 Å². The van der Waals surface area contributed by atoms with Gasteiger partial charge >= 0.3 is 12.1 Å². The number of unbranched alkanes of at least 4 members (excludes halogenated alkanes) is 2. The van der Waals surface area contributed by atoms with Crippen LogP contribution in [0.4, 0.5) is 22.0 Å². The molecule has 2 heterocycles. The number of nitrogens with zero attached hydrogens (tertiary/aromatic N) is 4. The minimum atomic E-state index is -6.27. The Balaban J connectivity index is 1.86. The van der Waals surface area contributed by atoms with Crippen LogP contribution in [0.2, 0.25) is 0 Å². The maximum Gasteiger partial charge on any atom is 0.505 e. The molecule has 0 aromatic carbocycles. The third kappa shape index (κ3) is 9.25. The number of fused-ring (bicyclic) bond motifs is 1. The molecule has 2 saturated heterocycles. The predicted molar refractivity (Wildman–Crippen MR) is 162 cm³/mol. The predicted octanol–water partition coefficient (Wildman–Crippen LogP) is 4.98. The summed E-state index contributed by atoms with van der Waals surface area (Å²) < 4.78 is 113. The number of ether oxygens (including phenoxy) is 1. The second kappa shape index (κ2) is 16.0. The lowest BCUT2D eigenvalue weighted by Gasteiger charge is -2.36. The Labute approximate surface area is 270 Å². The number of allylic oxidation sites excluding steroid dienone is 4. The summed E-state index contributed by atoms with van der Waals surface area (Å²) in [5, 5.41) is 0.159. The van der Waals surface area contributed by atoms with Crippen molar-refractivity contribution in [2.24, 2.45) is 3.77 Å². The van der Waals surface area contributed by atoms with E-state index in [0.29, 0.717) is 38.8 Å². The lowest BCUT2D eigenvalue weighted by Crippen LogP contribution is -2.56. The molecular formula is C27H37F5N4O7S3. The summed E-state index contributed by atoms with van der Waals surface area (Å²) in [4.78, 5) is 30.7. The number of hydrogen-bond acceptors (Lipinski definition) is 9. The van der Waals surface area contributed by atoms with Crippen LogP contribution in [0.1, 0.15) is 65.2 Å². The molecule has 1 saturated carbocycles. The highest BCUT2D eigenvalue weighted by Crippen LogP contribution is 2.36. The Morgan fingerprint density at radius 2 is 1.54 bits per heavy atom. The van der Waals surface area contributed by atoms with Crippen LogP contribution in [0.25, 0.3) is 0 Å². The number of carbonyl (C=O) groups is 2. The summed E-state index contributed by atoms with van der Waals surface area (Å²) >= 11 is 5.44. The maximum absolute atomic E-state index is 13.2. The van der Waals surface area contributed by atoms with Gasteiger partial charge in [-0.1, -0.05) is 49.0 Å². The van der Waals surface area contributed by atoms with Crippen molar-refractivity contribution in [3.63, 3.8) is 0 Å². The number of thiocarbonyl (C=S) groups is 1. The molecule has 0 aromatic rings. The van der Waals surface area contributed by atoms with Gasteiger partial charge in [0.2, 0.25) is 0 Å². The minimum absolute atomic E-state index is 0.0969. The molecule has 0 bridgehead atoms. The first-order valence-corrected chi connectivity index (χ1v) is 18.2. The molecule has 260 valence electrons. The molecule has 11 nitrogen and oxygen atoms in total. The third-order valence-electron chi connectivity index (χ3n) is 7.42. The first kappa shape index (κ1) is 37.8. The van der Waals surface area contributed by atoms with Crippen molar-refractivity contribution in [2.45, 2.75) is 89.5 Å². The summed E-state index contributed by atoms with van der Waals surface area (Å²) in [6.45, 7) is -0.0229. The number of carbonyl (C=O) groups excluding carboxylic acids is 2. The molecule has 2 amide bonds. The van der Waals surface area contributed by atoms with E-state index in [1.807, 2.05) is 13.8 Å². The Hall–Kier alpha value is -2.64. The van der Waals surface area contributed by atoms with Crippen molar-refractivity contribution in [1.82, 2.24) is 14.7 Å². The molecule has 0 aromatic heterocycles. The highest BCUT2D eigenvalue weighted by molar-refractivity contribution is 8.01. The number of alkyl halides is 5. The highest BCUT2D eigenvalue weighted by atomic mass is 32.3. The van der Waals surface area contributed by atoms with Gasteiger partial charge in [0, 0.05) is 19.6 Å². The molecule has 0 radical (unpaired) electrons. The van der Waals surface area contributed by atoms with Crippen molar-refractivity contribution >= 4 is 49.2 Å². The Morgan fingerprint density at radius 3 is 2.09 bits per heavy atom. The average molecular weight is 721 g/mol. The molecule has 3 rings (SSSR count). The van der Waals surface area contributed by atoms with Gasteiger partial charge in [0.15, 0.2) is 11.0 Å². The van der Waals surface area contributed by atoms with Crippen LogP contribution in [0.15, 0.2) is 39.5 Å². The molecule has 3 aliphatic rings. The van der Waals surface area contributed by atoms with E-state index in [4.69, 9.17) is 17.0 Å². The third-order valence-corrected chi connectivity index (χ3v) is 11.2. The molecule has 0 spiro atoms. The maximum atomic E-state index is 13.2. The van der Waals surface area contributed by atoms with Gasteiger partial charge in [-0.25, -0.2) is 16.8 Å². The van der Waals surface area contributed by atoms with Gasteiger partial charge in [0.05, 0.1) is 11.8 Å². The normalized spacial score (nSPS) is 23.4. The fraction of sp³-hybridized carbons (Fsp3) is 0.667. The Morgan fingerprint density at radius 1 is 0.978 bits per heavy atom. The quantitative estimate of drug-likeness (QED) is 0.106. The minimum Gasteiger partial charge on any atom is -0.474 e. The van der Waals surface area contributed by atoms with E-state index in [9.17, 15) is 44.2 Å². The van der Waals surface area contributed by atoms with Crippen LogP contribution in [0, 0.1) is 0 Å². The van der Waals surface area contributed by atoms with E-state index >= 15 is 0 Å². The van der Waals surface area contributed by atoms with Crippen molar-refractivity contribution in [3.8, 4) is 0 Å². The summed E-state index contributed by atoms with van der Waals surface area (Å²) in [6, 6.07) is -0.340. The fourth-order valence-corrected chi connectivity index (χ4v) is 8.20. The van der Waals surface area contributed by atoms with Crippen molar-refractivity contribution in [1.29, 1.82) is 0 Å². The lowest BCUT2D eigenvalue weighted by molar-refractivity contribution is -0.134. The van der Waals surface area contributed by atoms with Gasteiger partial charge in [-0.15, -0.1) is 0 Å². The van der Waals surface area contributed by atoms with Crippen LogP contribution < -0.4 is 0 Å². The first-order chi connectivity index (χ1) is 21.5. The van der Waals surface area contributed by atoms with Crippen LogP contribution in [0.3, 0.4) is 0 Å².